The minimum absolute atomic E-state index is 0.00802. The Morgan fingerprint density at radius 3 is 2.34 bits per heavy atom. The van der Waals surface area contributed by atoms with E-state index in [0.717, 1.165) is 67.9 Å². The number of amides is 2. The maximum Gasteiger partial charge on any atom is 0.329 e. The average Bonchev–Trinajstić information content (AvgIpc) is 3.80. The van der Waals surface area contributed by atoms with Gasteiger partial charge in [-0.15, -0.1) is 0 Å². The molecule has 4 aromatic heterocycles. The number of nitrogens with zero attached hydrogens (tertiary/aromatic N) is 9. The molecule has 0 spiro atoms. The number of pyridine rings is 2. The number of carbonyl (C=O) groups excluding carboxylic acids is 2. The molecule has 4 aliphatic heterocycles. The summed E-state index contributed by atoms with van der Waals surface area (Å²) in [7, 11) is 5.16. The van der Waals surface area contributed by atoms with Crippen molar-refractivity contribution in [3.05, 3.63) is 128 Å². The largest absolute Gasteiger partial charge is 0.386 e. The monoisotopic (exact) mass is 975 g/mol. The second kappa shape index (κ2) is 19.6. The Labute approximate surface area is 408 Å². The fourth-order valence-corrected chi connectivity index (χ4v) is 11.3. The van der Waals surface area contributed by atoms with E-state index >= 15 is 8.78 Å². The van der Waals surface area contributed by atoms with Crippen molar-refractivity contribution in [2.45, 2.75) is 70.4 Å². The number of hydrogen-bond acceptors (Lipinski definition) is 10. The number of benzene rings is 2. The molecule has 19 heteroatoms. The first-order valence-electron chi connectivity index (χ1n) is 24.5. The van der Waals surface area contributed by atoms with Gasteiger partial charge in [0.1, 0.15) is 23.5 Å². The fraction of sp³-hybridized carbons (Fsp3) is 0.442. The molecule has 0 bridgehead atoms. The Hall–Kier alpha value is -6.54. The van der Waals surface area contributed by atoms with Crippen LogP contribution >= 0.6 is 0 Å². The molecular formula is C52H60F3N11O5. The third-order valence-corrected chi connectivity index (χ3v) is 15.3. The maximum atomic E-state index is 15.8. The Morgan fingerprint density at radius 2 is 1.63 bits per heavy atom. The lowest BCUT2D eigenvalue weighted by molar-refractivity contribution is -0.128. The molecule has 0 radical (unpaired) electrons. The first-order chi connectivity index (χ1) is 34.1. The maximum absolute atomic E-state index is 15.8. The zero-order valence-corrected chi connectivity index (χ0v) is 40.5. The van der Waals surface area contributed by atoms with E-state index in [4.69, 9.17) is 0 Å². The van der Waals surface area contributed by atoms with Crippen LogP contribution in [0, 0.1) is 23.4 Å². The highest BCUT2D eigenvalue weighted by molar-refractivity contribution is 5.95. The van der Waals surface area contributed by atoms with Gasteiger partial charge >= 0.3 is 5.69 Å². The summed E-state index contributed by atoms with van der Waals surface area (Å²) in [5, 5.41) is 16.5. The van der Waals surface area contributed by atoms with Crippen LogP contribution in [0.2, 0.25) is 0 Å². The SMILES string of the molecule is CNc1cc(=O)n(-c2ccnc3c2cc(CN2CC=C(c4c(F)cc(C(=O)N5CCC(CN6CCN(Cc7ccc8c(c7)n(C)c(=O)n8C7CCC(=O)NC7O)C[C@@H]6C)CC5)cc4F)CC2)n3C)cc1F. The first kappa shape index (κ1) is 48.1. The Bertz CT molecular complexity index is 3180. The summed E-state index contributed by atoms with van der Waals surface area (Å²) in [4.78, 5) is 65.0. The number of piperazine rings is 1. The third kappa shape index (κ3) is 9.31. The van der Waals surface area contributed by atoms with Crippen LogP contribution in [0.4, 0.5) is 18.9 Å². The molecule has 71 heavy (non-hydrogen) atoms. The number of likely N-dealkylation sites (tertiary alicyclic amines) is 1. The summed E-state index contributed by atoms with van der Waals surface area (Å²) in [6, 6.07) is 13.0. The molecule has 4 aliphatic rings. The number of piperidine rings is 2. The lowest BCUT2D eigenvalue weighted by Crippen LogP contribution is -2.53. The van der Waals surface area contributed by atoms with E-state index in [1.54, 1.807) is 40.4 Å². The number of hydrogen-bond donors (Lipinski definition) is 3. The topological polar surface area (TPSA) is 158 Å². The molecule has 0 saturated carbocycles. The summed E-state index contributed by atoms with van der Waals surface area (Å²) in [6.07, 6.45) is 6.09. The molecule has 6 aromatic rings. The summed E-state index contributed by atoms with van der Waals surface area (Å²) >= 11 is 0. The fourth-order valence-electron chi connectivity index (χ4n) is 11.3. The van der Waals surface area contributed by atoms with Crippen molar-refractivity contribution in [3.63, 3.8) is 0 Å². The molecular weight excluding hydrogens is 916 g/mol. The standard InChI is InChI=1S/C52H60F3N11O5/c1-31-26-62(27-33-5-6-43-45(21-33)60(4)52(71)66(43)44-7-8-46(67)58-50(44)69)19-20-64(31)28-32-10-17-63(18-11-32)51(70)35-22-38(53)48(39(54)23-35)34-12-15-61(16-13-34)29-36-24-37-42(9-14-57-49(37)59(36)3)65-30-40(55)41(56-2)25-47(65)68/h5-6,9,12,14,21-25,30-32,44,50,56,69H,7-8,10-11,13,15-20,26-29H2,1-4H3,(H,58,67)/t31-,44?,50?/m0/s1. The van der Waals surface area contributed by atoms with Crippen LogP contribution in [0.1, 0.15) is 72.2 Å². The van der Waals surface area contributed by atoms with Gasteiger partial charge < -0.3 is 25.2 Å². The summed E-state index contributed by atoms with van der Waals surface area (Å²) in [5.74, 6) is -2.27. The minimum atomic E-state index is -1.12. The van der Waals surface area contributed by atoms with Gasteiger partial charge in [-0.25, -0.2) is 22.9 Å². The number of carbonyl (C=O) groups is 2. The van der Waals surface area contributed by atoms with E-state index in [1.807, 2.05) is 42.0 Å². The van der Waals surface area contributed by atoms with Crippen LogP contribution in [0.25, 0.3) is 33.3 Å². The van der Waals surface area contributed by atoms with Crippen LogP contribution in [0.3, 0.4) is 0 Å². The Morgan fingerprint density at radius 1 is 0.859 bits per heavy atom. The van der Waals surface area contributed by atoms with E-state index < -0.39 is 29.7 Å². The van der Waals surface area contributed by atoms with Gasteiger partial charge in [0.25, 0.3) is 11.5 Å². The second-order valence-electron chi connectivity index (χ2n) is 19.8. The van der Waals surface area contributed by atoms with Crippen molar-refractivity contribution in [2.24, 2.45) is 20.0 Å². The van der Waals surface area contributed by atoms with Gasteiger partial charge in [0, 0.05) is 134 Å². The number of aryl methyl sites for hydroxylation is 2. The van der Waals surface area contributed by atoms with Crippen molar-refractivity contribution < 1.29 is 27.9 Å². The Balaban J connectivity index is 0.713. The molecule has 0 aliphatic carbocycles. The molecule has 3 N–H and O–H groups in total. The smallest absolute Gasteiger partial charge is 0.329 e. The summed E-state index contributed by atoms with van der Waals surface area (Å²) < 4.78 is 52.8. The van der Waals surface area contributed by atoms with Crippen molar-refractivity contribution in [1.29, 1.82) is 0 Å². The van der Waals surface area contributed by atoms with Crippen molar-refractivity contribution in [2.75, 3.05) is 64.7 Å². The summed E-state index contributed by atoms with van der Waals surface area (Å²) in [5.41, 5.74) is 4.59. The summed E-state index contributed by atoms with van der Waals surface area (Å²) in [6.45, 7) is 9.02. The number of imidazole rings is 1. The van der Waals surface area contributed by atoms with E-state index in [0.29, 0.717) is 79.8 Å². The van der Waals surface area contributed by atoms with Gasteiger partial charge in [-0.3, -0.25) is 42.8 Å². The lowest BCUT2D eigenvalue weighted by Gasteiger charge is -2.42. The molecule has 3 saturated heterocycles. The molecule has 374 valence electrons. The van der Waals surface area contributed by atoms with Gasteiger partial charge in [-0.05, 0) is 86.1 Å². The number of halogens is 3. The van der Waals surface area contributed by atoms with Crippen LogP contribution in [-0.4, -0.2) is 131 Å². The number of nitrogens with one attached hydrogen (secondary N) is 2. The van der Waals surface area contributed by atoms with Gasteiger partial charge in [-0.1, -0.05) is 12.1 Å². The third-order valence-electron chi connectivity index (χ3n) is 15.3. The molecule has 8 heterocycles. The predicted octanol–water partition coefficient (Wildman–Crippen LogP) is 4.95. The highest BCUT2D eigenvalue weighted by Crippen LogP contribution is 2.32. The number of rotatable bonds is 11. The molecule has 2 unspecified atom stereocenters. The molecule has 2 aromatic carbocycles. The van der Waals surface area contributed by atoms with E-state index in [-0.39, 0.29) is 46.3 Å². The second-order valence-corrected chi connectivity index (χ2v) is 19.8. The van der Waals surface area contributed by atoms with E-state index in [2.05, 4.69) is 37.2 Å². The highest BCUT2D eigenvalue weighted by atomic mass is 19.1. The lowest BCUT2D eigenvalue weighted by atomic mass is 9.94. The Kier molecular flexibility index (Phi) is 13.3. The molecule has 10 rings (SSSR count). The quantitative estimate of drug-likeness (QED) is 0.162. The van der Waals surface area contributed by atoms with Crippen molar-refractivity contribution in [3.8, 4) is 5.69 Å². The van der Waals surface area contributed by atoms with Crippen LogP contribution in [-0.2, 0) is 32.0 Å². The van der Waals surface area contributed by atoms with Crippen molar-refractivity contribution in [1.82, 2.24) is 48.2 Å². The number of aliphatic hydroxyl groups is 1. The molecule has 16 nitrogen and oxygen atoms in total. The van der Waals surface area contributed by atoms with Gasteiger partial charge in [0.2, 0.25) is 5.91 Å². The van der Waals surface area contributed by atoms with Crippen LogP contribution in [0.5, 0.6) is 0 Å². The zero-order chi connectivity index (χ0) is 49.8. The molecule has 2 amide bonds. The minimum Gasteiger partial charge on any atom is -0.386 e. The van der Waals surface area contributed by atoms with Gasteiger partial charge in [0.05, 0.1) is 34.6 Å². The number of aromatic nitrogens is 5. The van der Waals surface area contributed by atoms with Crippen LogP contribution in [0.15, 0.2) is 76.6 Å². The number of aliphatic hydroxyl groups excluding tert-OH is 1. The predicted molar refractivity (Wildman–Crippen MR) is 265 cm³/mol. The van der Waals surface area contributed by atoms with Crippen LogP contribution < -0.4 is 21.9 Å². The van der Waals surface area contributed by atoms with Gasteiger partial charge in [-0.2, -0.15) is 0 Å². The van der Waals surface area contributed by atoms with Crippen molar-refractivity contribution >= 4 is 45.1 Å². The number of fused-ring (bicyclic) bond motifs is 2. The van der Waals surface area contributed by atoms with E-state index in [9.17, 15) is 28.7 Å². The number of anilines is 1. The van der Waals surface area contributed by atoms with E-state index in [1.165, 1.54) is 29.0 Å². The highest BCUT2D eigenvalue weighted by Gasteiger charge is 2.33. The molecule has 3 fully saturated rings. The van der Waals surface area contributed by atoms with Gasteiger partial charge in [0.15, 0.2) is 5.82 Å². The normalized spacial score (nSPS) is 21.0. The average molecular weight is 976 g/mol. The molecule has 3 atom stereocenters. The first-order valence-corrected chi connectivity index (χ1v) is 24.5. The zero-order valence-electron chi connectivity index (χ0n) is 40.5.